The monoisotopic (exact) mass is 444 g/mol. The molecule has 10 nitrogen and oxygen atoms in total. The Morgan fingerprint density at radius 3 is 2.56 bits per heavy atom. The van der Waals surface area contributed by atoms with Crippen LogP contribution in [0.4, 0.5) is 20.7 Å². The number of aromatic nitrogens is 2. The number of carbonyl (C=O) groups is 1. The van der Waals surface area contributed by atoms with Crippen molar-refractivity contribution in [3.8, 4) is 11.6 Å². The smallest absolute Gasteiger partial charge is 0.323 e. The lowest BCUT2D eigenvalue weighted by molar-refractivity contribution is -0.385. The first-order valence-electron chi connectivity index (χ1n) is 10.7. The second kappa shape index (κ2) is 9.86. The molecule has 2 aliphatic rings. The molecule has 1 aromatic heterocycles. The van der Waals surface area contributed by atoms with Gasteiger partial charge in [0, 0.05) is 31.3 Å². The Balaban J connectivity index is 1.33. The van der Waals surface area contributed by atoms with Crippen LogP contribution in [0.15, 0.2) is 30.6 Å². The van der Waals surface area contributed by atoms with Crippen molar-refractivity contribution < 1.29 is 18.8 Å². The zero-order valence-corrected chi connectivity index (χ0v) is 17.6. The third-order valence-corrected chi connectivity index (χ3v) is 5.88. The molecule has 1 aromatic carbocycles. The van der Waals surface area contributed by atoms with E-state index in [-0.39, 0.29) is 29.2 Å². The number of ether oxygens (including phenoxy) is 1. The Morgan fingerprint density at radius 2 is 1.88 bits per heavy atom. The molecule has 2 aliphatic heterocycles. The molecule has 170 valence electrons. The maximum absolute atomic E-state index is 14.1. The fourth-order valence-electron chi connectivity index (χ4n) is 4.17. The van der Waals surface area contributed by atoms with Gasteiger partial charge in [0.25, 0.3) is 5.69 Å². The van der Waals surface area contributed by atoms with Crippen molar-refractivity contribution in [1.29, 1.82) is 0 Å². The number of piperidine rings is 2. The van der Waals surface area contributed by atoms with E-state index in [9.17, 15) is 19.3 Å². The molecule has 2 fully saturated rings. The van der Waals surface area contributed by atoms with Crippen molar-refractivity contribution in [2.75, 3.05) is 31.5 Å². The van der Waals surface area contributed by atoms with Crippen LogP contribution in [-0.4, -0.2) is 62.9 Å². The summed E-state index contributed by atoms with van der Waals surface area (Å²) in [5.41, 5.74) is -0.380. The van der Waals surface area contributed by atoms with Crippen LogP contribution in [0.3, 0.4) is 0 Å². The number of urea groups is 1. The number of nitrogens with zero attached hydrogens (tertiary/aromatic N) is 5. The average Bonchev–Trinajstić information content (AvgIpc) is 2.81. The fourth-order valence-corrected chi connectivity index (χ4v) is 4.17. The van der Waals surface area contributed by atoms with Gasteiger partial charge in [-0.1, -0.05) is 6.42 Å². The number of halogens is 1. The van der Waals surface area contributed by atoms with Gasteiger partial charge in [-0.3, -0.25) is 15.4 Å². The van der Waals surface area contributed by atoms with E-state index < -0.39 is 10.7 Å². The van der Waals surface area contributed by atoms with Gasteiger partial charge in [-0.05, 0) is 44.8 Å². The van der Waals surface area contributed by atoms with Crippen LogP contribution >= 0.6 is 0 Å². The molecule has 2 aromatic rings. The highest BCUT2D eigenvalue weighted by atomic mass is 19.1. The largest absolute Gasteiger partial charge is 0.436 e. The van der Waals surface area contributed by atoms with Crippen LogP contribution in [0.1, 0.15) is 32.1 Å². The molecular weight excluding hydrogens is 419 g/mol. The van der Waals surface area contributed by atoms with E-state index in [1.807, 2.05) is 0 Å². The summed E-state index contributed by atoms with van der Waals surface area (Å²) in [5.74, 6) is -0.876. The van der Waals surface area contributed by atoms with E-state index in [2.05, 4.69) is 20.2 Å². The third-order valence-electron chi connectivity index (χ3n) is 5.88. The third kappa shape index (κ3) is 5.28. The lowest BCUT2D eigenvalue weighted by Crippen LogP contribution is -2.49. The molecule has 0 bridgehead atoms. The Morgan fingerprint density at radius 1 is 1.12 bits per heavy atom. The Bertz CT molecular complexity index is 977. The second-order valence-corrected chi connectivity index (χ2v) is 7.96. The minimum atomic E-state index is -0.889. The predicted molar refractivity (Wildman–Crippen MR) is 114 cm³/mol. The van der Waals surface area contributed by atoms with Crippen LogP contribution in [0.5, 0.6) is 11.6 Å². The number of nitro groups is 1. The van der Waals surface area contributed by atoms with E-state index in [0.29, 0.717) is 19.1 Å². The van der Waals surface area contributed by atoms with Gasteiger partial charge in [0.1, 0.15) is 12.1 Å². The van der Waals surface area contributed by atoms with Crippen molar-refractivity contribution in [2.45, 2.75) is 38.1 Å². The Labute approximate surface area is 184 Å². The number of hydrogen-bond donors (Lipinski definition) is 1. The maximum Gasteiger partial charge on any atom is 0.323 e. The van der Waals surface area contributed by atoms with Crippen LogP contribution < -0.4 is 10.1 Å². The molecule has 0 spiro atoms. The summed E-state index contributed by atoms with van der Waals surface area (Å²) in [4.78, 5) is 34.9. The van der Waals surface area contributed by atoms with E-state index in [1.54, 1.807) is 4.90 Å². The van der Waals surface area contributed by atoms with E-state index in [0.717, 1.165) is 44.1 Å². The van der Waals surface area contributed by atoms with Crippen LogP contribution in [-0.2, 0) is 0 Å². The Hall–Kier alpha value is -3.34. The van der Waals surface area contributed by atoms with E-state index >= 15 is 0 Å². The number of anilines is 1. The number of rotatable bonds is 5. The van der Waals surface area contributed by atoms with Gasteiger partial charge in [0.15, 0.2) is 11.6 Å². The molecule has 1 N–H and O–H groups in total. The van der Waals surface area contributed by atoms with Gasteiger partial charge >= 0.3 is 6.03 Å². The molecule has 0 radical (unpaired) electrons. The molecule has 0 unspecified atom stereocenters. The van der Waals surface area contributed by atoms with Crippen molar-refractivity contribution in [3.63, 3.8) is 0 Å². The normalized spacial score (nSPS) is 17.7. The number of benzene rings is 1. The number of nitro benzene ring substituents is 1. The summed E-state index contributed by atoms with van der Waals surface area (Å²) < 4.78 is 19.4. The minimum Gasteiger partial charge on any atom is -0.436 e. The van der Waals surface area contributed by atoms with Crippen molar-refractivity contribution in [1.82, 2.24) is 19.8 Å². The van der Waals surface area contributed by atoms with Gasteiger partial charge in [-0.25, -0.2) is 19.2 Å². The SMILES string of the molecule is O=C(Nc1cc(Oc2ccc([N+](=O)[O-])cc2F)ncn1)N1CCC(N2CCCCC2)CC1. The molecular formula is C21H25FN6O4. The first-order chi connectivity index (χ1) is 15.5. The molecule has 2 saturated heterocycles. The first-order valence-corrected chi connectivity index (χ1v) is 10.7. The quantitative estimate of drug-likeness (QED) is 0.551. The molecule has 0 saturated carbocycles. The minimum absolute atomic E-state index is 0.00635. The lowest BCUT2D eigenvalue weighted by atomic mass is 10.0. The molecule has 3 heterocycles. The zero-order chi connectivity index (χ0) is 22.5. The fraction of sp³-hybridized carbons (Fsp3) is 0.476. The number of nitrogens with one attached hydrogen (secondary N) is 1. The van der Waals surface area contributed by atoms with Gasteiger partial charge in [-0.15, -0.1) is 0 Å². The van der Waals surface area contributed by atoms with Crippen LogP contribution in [0, 0.1) is 15.9 Å². The topological polar surface area (TPSA) is 114 Å². The summed E-state index contributed by atoms with van der Waals surface area (Å²) in [6.45, 7) is 3.65. The maximum atomic E-state index is 14.1. The lowest BCUT2D eigenvalue weighted by Gasteiger charge is -2.40. The number of hydrogen-bond acceptors (Lipinski definition) is 7. The number of non-ortho nitro benzene ring substituents is 1. The average molecular weight is 444 g/mol. The zero-order valence-electron chi connectivity index (χ0n) is 17.6. The number of amides is 2. The Kier molecular flexibility index (Phi) is 6.74. The van der Waals surface area contributed by atoms with Gasteiger partial charge in [0.05, 0.1) is 11.0 Å². The molecule has 0 aliphatic carbocycles. The van der Waals surface area contributed by atoms with Gasteiger partial charge < -0.3 is 14.5 Å². The summed E-state index contributed by atoms with van der Waals surface area (Å²) in [5, 5.41) is 13.5. The second-order valence-electron chi connectivity index (χ2n) is 7.96. The highest BCUT2D eigenvalue weighted by Crippen LogP contribution is 2.27. The highest BCUT2D eigenvalue weighted by molar-refractivity contribution is 5.88. The van der Waals surface area contributed by atoms with Crippen LogP contribution in [0.2, 0.25) is 0 Å². The summed E-state index contributed by atoms with van der Waals surface area (Å²) >= 11 is 0. The summed E-state index contributed by atoms with van der Waals surface area (Å²) in [7, 11) is 0. The standard InChI is InChI=1S/C21H25FN6O4/c22-17-12-16(28(30)31)4-5-18(17)32-20-13-19(23-14-24-20)25-21(29)27-10-6-15(7-11-27)26-8-2-1-3-9-26/h4-5,12-15H,1-3,6-11H2,(H,23,24,25,29). The van der Waals surface area contributed by atoms with E-state index in [1.165, 1.54) is 31.7 Å². The number of carbonyl (C=O) groups excluding carboxylic acids is 1. The van der Waals surface area contributed by atoms with Crippen molar-refractivity contribution >= 4 is 17.5 Å². The van der Waals surface area contributed by atoms with Gasteiger partial charge in [0.2, 0.25) is 5.88 Å². The van der Waals surface area contributed by atoms with Crippen molar-refractivity contribution in [3.05, 3.63) is 46.5 Å². The highest BCUT2D eigenvalue weighted by Gasteiger charge is 2.27. The molecule has 32 heavy (non-hydrogen) atoms. The molecule has 2 amide bonds. The van der Waals surface area contributed by atoms with Gasteiger partial charge in [-0.2, -0.15) is 0 Å². The summed E-state index contributed by atoms with van der Waals surface area (Å²) in [6.07, 6.45) is 6.90. The molecule has 4 rings (SSSR count). The first kappa shape index (κ1) is 21.9. The van der Waals surface area contributed by atoms with Crippen molar-refractivity contribution in [2.24, 2.45) is 0 Å². The summed E-state index contributed by atoms with van der Waals surface area (Å²) in [6, 6.07) is 4.71. The number of likely N-dealkylation sites (tertiary alicyclic amines) is 2. The van der Waals surface area contributed by atoms with E-state index in [4.69, 9.17) is 4.74 Å². The predicted octanol–water partition coefficient (Wildman–Crippen LogP) is 3.80. The molecule has 0 atom stereocenters. The van der Waals surface area contributed by atoms with Crippen LogP contribution in [0.25, 0.3) is 0 Å². The molecule has 11 heteroatoms.